The van der Waals surface area contributed by atoms with Crippen molar-refractivity contribution in [2.45, 2.75) is 6.42 Å². The molecule has 0 radical (unpaired) electrons. The molecule has 1 aliphatic carbocycles. The van der Waals surface area contributed by atoms with Gasteiger partial charge in [0.1, 0.15) is 5.82 Å². The molecule has 0 heterocycles. The highest BCUT2D eigenvalue weighted by Crippen LogP contribution is 2.31. The van der Waals surface area contributed by atoms with Gasteiger partial charge in [-0.15, -0.1) is 0 Å². The highest BCUT2D eigenvalue weighted by Gasteiger charge is 2.11. The Labute approximate surface area is 72.9 Å². The minimum absolute atomic E-state index is 0.170. The Morgan fingerprint density at radius 1 is 1.36 bits per heavy atom. The van der Waals surface area contributed by atoms with E-state index in [0.29, 0.717) is 0 Å². The fourth-order valence-electron chi connectivity index (χ4n) is 1.26. The molecule has 11 heavy (non-hydrogen) atoms. The standard InChI is InChI=1S/C9H6BrF/c10-9-4-2-6-1-3-7(11)5-8(6)9/h1,3-5H,2H2. The van der Waals surface area contributed by atoms with Gasteiger partial charge in [-0.2, -0.15) is 0 Å². The Kier molecular flexibility index (Phi) is 1.57. The third kappa shape index (κ3) is 1.11. The zero-order valence-corrected chi connectivity index (χ0v) is 7.36. The van der Waals surface area contributed by atoms with E-state index in [4.69, 9.17) is 0 Å². The van der Waals surface area contributed by atoms with Crippen molar-refractivity contribution in [3.05, 3.63) is 41.2 Å². The largest absolute Gasteiger partial charge is 0.207 e. The second-order valence-electron chi connectivity index (χ2n) is 2.56. The van der Waals surface area contributed by atoms with Gasteiger partial charge in [0, 0.05) is 4.48 Å². The first-order valence-electron chi connectivity index (χ1n) is 3.42. The quantitative estimate of drug-likeness (QED) is 0.621. The van der Waals surface area contributed by atoms with Crippen LogP contribution in [0.4, 0.5) is 4.39 Å². The van der Waals surface area contributed by atoms with Crippen LogP contribution in [0.5, 0.6) is 0 Å². The molecule has 0 aliphatic heterocycles. The van der Waals surface area contributed by atoms with Crippen molar-refractivity contribution in [3.8, 4) is 0 Å². The predicted molar refractivity (Wildman–Crippen MR) is 47.0 cm³/mol. The maximum Gasteiger partial charge on any atom is 0.123 e. The minimum atomic E-state index is -0.170. The van der Waals surface area contributed by atoms with Crippen molar-refractivity contribution in [1.82, 2.24) is 0 Å². The third-order valence-corrected chi connectivity index (χ3v) is 2.58. The first kappa shape index (κ1) is 7.04. The number of allylic oxidation sites excluding steroid dienone is 1. The molecule has 56 valence electrons. The molecule has 0 unspecified atom stereocenters. The van der Waals surface area contributed by atoms with Gasteiger partial charge >= 0.3 is 0 Å². The second kappa shape index (κ2) is 2.45. The minimum Gasteiger partial charge on any atom is -0.207 e. The summed E-state index contributed by atoms with van der Waals surface area (Å²) in [5.41, 5.74) is 2.18. The van der Waals surface area contributed by atoms with Crippen molar-refractivity contribution >= 4 is 20.4 Å². The second-order valence-corrected chi connectivity index (χ2v) is 3.41. The maximum atomic E-state index is 12.7. The molecule has 0 nitrogen and oxygen atoms in total. The lowest BCUT2D eigenvalue weighted by Crippen LogP contribution is -1.83. The fraction of sp³-hybridized carbons (Fsp3) is 0.111. The molecule has 2 rings (SSSR count). The normalized spacial score (nSPS) is 14.5. The number of fused-ring (bicyclic) bond motifs is 1. The van der Waals surface area contributed by atoms with E-state index in [9.17, 15) is 4.39 Å². The molecule has 0 spiro atoms. The van der Waals surface area contributed by atoms with Crippen molar-refractivity contribution in [3.63, 3.8) is 0 Å². The third-order valence-electron chi connectivity index (χ3n) is 1.83. The number of benzene rings is 1. The summed E-state index contributed by atoms with van der Waals surface area (Å²) in [6.07, 6.45) is 2.96. The summed E-state index contributed by atoms with van der Waals surface area (Å²) in [6.45, 7) is 0. The van der Waals surface area contributed by atoms with Gasteiger partial charge in [0.15, 0.2) is 0 Å². The van der Waals surface area contributed by atoms with Gasteiger partial charge < -0.3 is 0 Å². The lowest BCUT2D eigenvalue weighted by Gasteiger charge is -1.98. The van der Waals surface area contributed by atoms with E-state index in [1.165, 1.54) is 11.6 Å². The topological polar surface area (TPSA) is 0 Å². The van der Waals surface area contributed by atoms with E-state index in [0.717, 1.165) is 16.5 Å². The van der Waals surface area contributed by atoms with E-state index in [-0.39, 0.29) is 5.82 Å². The van der Waals surface area contributed by atoms with Crippen LogP contribution < -0.4 is 0 Å². The fourth-order valence-corrected chi connectivity index (χ4v) is 1.79. The van der Waals surface area contributed by atoms with Crippen LogP contribution in [0.3, 0.4) is 0 Å². The van der Waals surface area contributed by atoms with E-state index >= 15 is 0 Å². The van der Waals surface area contributed by atoms with Gasteiger partial charge in [-0.3, -0.25) is 0 Å². The molecule has 1 aromatic rings. The summed E-state index contributed by atoms with van der Waals surface area (Å²) in [7, 11) is 0. The lowest BCUT2D eigenvalue weighted by molar-refractivity contribution is 0.627. The highest BCUT2D eigenvalue weighted by molar-refractivity contribution is 9.15. The molecule has 2 heteroatoms. The predicted octanol–water partition coefficient (Wildman–Crippen LogP) is 3.12. The Bertz CT molecular complexity index is 328. The van der Waals surface area contributed by atoms with Gasteiger partial charge in [-0.1, -0.05) is 28.1 Å². The molecule has 0 fully saturated rings. The van der Waals surface area contributed by atoms with Gasteiger partial charge in [0.25, 0.3) is 0 Å². The van der Waals surface area contributed by atoms with Crippen LogP contribution in [0.1, 0.15) is 11.1 Å². The Hall–Kier alpha value is -0.630. The van der Waals surface area contributed by atoms with E-state index in [1.54, 1.807) is 6.07 Å². The maximum absolute atomic E-state index is 12.7. The van der Waals surface area contributed by atoms with Crippen molar-refractivity contribution < 1.29 is 4.39 Å². The zero-order valence-electron chi connectivity index (χ0n) is 5.77. The van der Waals surface area contributed by atoms with Crippen LogP contribution in [-0.4, -0.2) is 0 Å². The molecule has 0 bridgehead atoms. The molecule has 0 saturated heterocycles. The number of hydrogen-bond donors (Lipinski definition) is 0. The zero-order chi connectivity index (χ0) is 7.84. The summed E-state index contributed by atoms with van der Waals surface area (Å²) in [6, 6.07) is 4.89. The van der Waals surface area contributed by atoms with Gasteiger partial charge in [0.05, 0.1) is 0 Å². The van der Waals surface area contributed by atoms with Crippen LogP contribution in [0.2, 0.25) is 0 Å². The van der Waals surface area contributed by atoms with Gasteiger partial charge in [-0.05, 0) is 29.7 Å². The first-order valence-corrected chi connectivity index (χ1v) is 4.21. The molecule has 0 saturated carbocycles. The average molecular weight is 213 g/mol. The van der Waals surface area contributed by atoms with Crippen molar-refractivity contribution in [2.24, 2.45) is 0 Å². The number of hydrogen-bond acceptors (Lipinski definition) is 0. The average Bonchev–Trinajstić information content (AvgIpc) is 2.33. The Morgan fingerprint density at radius 2 is 2.18 bits per heavy atom. The van der Waals surface area contributed by atoms with Gasteiger partial charge in [0.2, 0.25) is 0 Å². The lowest BCUT2D eigenvalue weighted by atomic mass is 10.1. The molecule has 0 atom stereocenters. The first-order chi connectivity index (χ1) is 5.27. The molecule has 0 aromatic heterocycles. The van der Waals surface area contributed by atoms with E-state index in [2.05, 4.69) is 15.9 Å². The smallest absolute Gasteiger partial charge is 0.123 e. The Balaban J connectivity index is 2.60. The van der Waals surface area contributed by atoms with Crippen LogP contribution in [0.25, 0.3) is 4.48 Å². The van der Waals surface area contributed by atoms with Crippen LogP contribution in [-0.2, 0) is 6.42 Å². The monoisotopic (exact) mass is 212 g/mol. The van der Waals surface area contributed by atoms with Gasteiger partial charge in [-0.25, -0.2) is 4.39 Å². The highest BCUT2D eigenvalue weighted by atomic mass is 79.9. The van der Waals surface area contributed by atoms with Crippen molar-refractivity contribution in [1.29, 1.82) is 0 Å². The van der Waals surface area contributed by atoms with Crippen LogP contribution in [0, 0.1) is 5.82 Å². The molecule has 0 amide bonds. The summed E-state index contributed by atoms with van der Waals surface area (Å²) in [5.74, 6) is -0.170. The molecular formula is C9H6BrF. The summed E-state index contributed by atoms with van der Waals surface area (Å²) < 4.78 is 13.7. The summed E-state index contributed by atoms with van der Waals surface area (Å²) in [5, 5.41) is 0. The Morgan fingerprint density at radius 3 is 3.00 bits per heavy atom. The molecule has 0 N–H and O–H groups in total. The van der Waals surface area contributed by atoms with Crippen molar-refractivity contribution in [2.75, 3.05) is 0 Å². The van der Waals surface area contributed by atoms with E-state index in [1.807, 2.05) is 12.1 Å². The number of halogens is 2. The summed E-state index contributed by atoms with van der Waals surface area (Å²) >= 11 is 3.37. The summed E-state index contributed by atoms with van der Waals surface area (Å²) in [4.78, 5) is 0. The SMILES string of the molecule is Fc1ccc2c(c1)C(Br)=CC2. The molecule has 1 aromatic carbocycles. The molecule has 1 aliphatic rings. The molecular weight excluding hydrogens is 207 g/mol. The van der Waals surface area contributed by atoms with Crippen LogP contribution in [0.15, 0.2) is 24.3 Å². The van der Waals surface area contributed by atoms with E-state index < -0.39 is 0 Å². The van der Waals surface area contributed by atoms with Crippen LogP contribution >= 0.6 is 15.9 Å². The number of rotatable bonds is 0.